The Kier molecular flexibility index (Phi) is 4.09. The Morgan fingerprint density at radius 1 is 1.61 bits per heavy atom. The number of anilines is 1. The lowest BCUT2D eigenvalue weighted by Gasteiger charge is -2.19. The van der Waals surface area contributed by atoms with Gasteiger partial charge in [0.15, 0.2) is 0 Å². The molecule has 0 amide bonds. The van der Waals surface area contributed by atoms with Gasteiger partial charge in [0.2, 0.25) is 5.82 Å². The zero-order valence-electron chi connectivity index (χ0n) is 10.4. The third kappa shape index (κ3) is 2.76. The molecule has 0 radical (unpaired) electrons. The maximum absolute atomic E-state index is 11.3. The molecule has 1 aliphatic rings. The minimum absolute atomic E-state index is 0.0739. The second-order valence-electron chi connectivity index (χ2n) is 4.43. The Hall–Kier alpha value is -1.69. The Labute approximate surface area is 106 Å². The molecule has 2 atom stereocenters. The van der Waals surface area contributed by atoms with Crippen LogP contribution in [0.15, 0.2) is 12.3 Å². The van der Waals surface area contributed by atoms with Gasteiger partial charge in [-0.15, -0.1) is 0 Å². The van der Waals surface area contributed by atoms with Crippen LogP contribution in [0.4, 0.5) is 5.82 Å². The van der Waals surface area contributed by atoms with Crippen molar-refractivity contribution in [3.8, 4) is 0 Å². The number of ether oxygens (including phenoxy) is 1. The molecule has 0 aromatic carbocycles. The summed E-state index contributed by atoms with van der Waals surface area (Å²) in [5.74, 6) is 0.669. The molecule has 0 aliphatic heterocycles. The predicted octanol–water partition coefficient (Wildman–Crippen LogP) is 0.802. The normalized spacial score (nSPS) is 22.8. The number of carbonyl (C=O) groups is 1. The van der Waals surface area contributed by atoms with Crippen LogP contribution in [0.3, 0.4) is 0 Å². The highest BCUT2D eigenvalue weighted by molar-refractivity contribution is 5.85. The van der Waals surface area contributed by atoms with Crippen molar-refractivity contribution in [1.29, 1.82) is 0 Å². The van der Waals surface area contributed by atoms with E-state index in [-0.39, 0.29) is 5.82 Å². The topological polar surface area (TPSA) is 90.1 Å². The fraction of sp³-hybridized carbons (Fsp3) is 0.583. The number of aromatic nitrogens is 2. The van der Waals surface area contributed by atoms with Crippen LogP contribution in [-0.2, 0) is 4.74 Å². The fourth-order valence-corrected chi connectivity index (χ4v) is 2.33. The fourth-order valence-electron chi connectivity index (χ4n) is 2.33. The summed E-state index contributed by atoms with van der Waals surface area (Å²) >= 11 is 0. The van der Waals surface area contributed by atoms with Gasteiger partial charge in [0.25, 0.3) is 0 Å². The van der Waals surface area contributed by atoms with E-state index in [2.05, 4.69) is 20.0 Å². The molecule has 3 N–H and O–H groups in total. The standard InChI is InChI=1S/C12H18N4O2/c1-18-12(17)11-14-6-5-10(16-11)15-9-4-2-3-8(9)7-13/h5-6,8-9H,2-4,7,13H2,1H3,(H,14,15,16). The summed E-state index contributed by atoms with van der Waals surface area (Å²) in [4.78, 5) is 19.3. The maximum Gasteiger partial charge on any atom is 0.376 e. The molecule has 1 aromatic rings. The van der Waals surface area contributed by atoms with Crippen LogP contribution in [0, 0.1) is 5.92 Å². The minimum Gasteiger partial charge on any atom is -0.463 e. The van der Waals surface area contributed by atoms with Crippen molar-refractivity contribution >= 4 is 11.8 Å². The van der Waals surface area contributed by atoms with E-state index < -0.39 is 5.97 Å². The van der Waals surface area contributed by atoms with Gasteiger partial charge in [0, 0.05) is 12.2 Å². The van der Waals surface area contributed by atoms with E-state index in [1.54, 1.807) is 12.3 Å². The summed E-state index contributed by atoms with van der Waals surface area (Å²) < 4.78 is 4.59. The summed E-state index contributed by atoms with van der Waals surface area (Å²) in [6.07, 6.45) is 4.95. The smallest absolute Gasteiger partial charge is 0.376 e. The molecule has 2 rings (SSSR count). The van der Waals surface area contributed by atoms with Crippen molar-refractivity contribution < 1.29 is 9.53 Å². The van der Waals surface area contributed by atoms with Gasteiger partial charge in [0.1, 0.15) is 5.82 Å². The zero-order valence-corrected chi connectivity index (χ0v) is 10.4. The summed E-state index contributed by atoms with van der Waals surface area (Å²) in [5, 5.41) is 3.32. The summed E-state index contributed by atoms with van der Waals surface area (Å²) in [7, 11) is 1.31. The van der Waals surface area contributed by atoms with Gasteiger partial charge in [-0.1, -0.05) is 6.42 Å². The van der Waals surface area contributed by atoms with Gasteiger partial charge >= 0.3 is 5.97 Å². The van der Waals surface area contributed by atoms with Gasteiger partial charge in [0.05, 0.1) is 7.11 Å². The Bertz CT molecular complexity index is 424. The molecule has 1 saturated carbocycles. The van der Waals surface area contributed by atoms with Crippen LogP contribution < -0.4 is 11.1 Å². The monoisotopic (exact) mass is 250 g/mol. The van der Waals surface area contributed by atoms with Gasteiger partial charge in [-0.2, -0.15) is 0 Å². The van der Waals surface area contributed by atoms with Crippen molar-refractivity contribution in [2.75, 3.05) is 19.0 Å². The van der Waals surface area contributed by atoms with Gasteiger partial charge in [-0.05, 0) is 31.4 Å². The Morgan fingerprint density at radius 3 is 3.17 bits per heavy atom. The molecule has 1 aromatic heterocycles. The highest BCUT2D eigenvalue weighted by atomic mass is 16.5. The average molecular weight is 250 g/mol. The lowest BCUT2D eigenvalue weighted by molar-refractivity contribution is 0.0587. The Morgan fingerprint density at radius 2 is 2.44 bits per heavy atom. The van der Waals surface area contributed by atoms with Crippen molar-refractivity contribution in [2.45, 2.75) is 25.3 Å². The molecule has 0 saturated heterocycles. The highest BCUT2D eigenvalue weighted by Crippen LogP contribution is 2.27. The number of nitrogens with two attached hydrogens (primary N) is 1. The van der Waals surface area contributed by atoms with Crippen molar-refractivity contribution in [1.82, 2.24) is 9.97 Å². The second kappa shape index (κ2) is 5.77. The number of carbonyl (C=O) groups excluding carboxylic acids is 1. The van der Waals surface area contributed by atoms with Crippen LogP contribution >= 0.6 is 0 Å². The molecular formula is C12H18N4O2. The second-order valence-corrected chi connectivity index (χ2v) is 4.43. The van der Waals surface area contributed by atoms with E-state index in [9.17, 15) is 4.79 Å². The van der Waals surface area contributed by atoms with E-state index in [4.69, 9.17) is 5.73 Å². The molecule has 2 unspecified atom stereocenters. The molecule has 1 heterocycles. The SMILES string of the molecule is COC(=O)c1nccc(NC2CCCC2CN)n1. The first-order valence-electron chi connectivity index (χ1n) is 6.12. The molecule has 1 aliphatic carbocycles. The van der Waals surface area contributed by atoms with Crippen molar-refractivity contribution in [3.63, 3.8) is 0 Å². The first-order valence-corrected chi connectivity index (χ1v) is 6.12. The number of hydrogen-bond donors (Lipinski definition) is 2. The van der Waals surface area contributed by atoms with E-state index in [0.717, 1.165) is 12.8 Å². The summed E-state index contributed by atoms with van der Waals surface area (Å²) in [6, 6.07) is 2.08. The Balaban J connectivity index is 2.07. The first kappa shape index (κ1) is 12.8. The van der Waals surface area contributed by atoms with E-state index in [0.29, 0.717) is 24.3 Å². The van der Waals surface area contributed by atoms with Crippen molar-refractivity contribution in [3.05, 3.63) is 18.1 Å². The van der Waals surface area contributed by atoms with E-state index in [1.165, 1.54) is 13.5 Å². The number of hydrogen-bond acceptors (Lipinski definition) is 6. The van der Waals surface area contributed by atoms with Crippen LogP contribution in [0.5, 0.6) is 0 Å². The first-order chi connectivity index (χ1) is 8.74. The molecule has 1 fully saturated rings. The zero-order chi connectivity index (χ0) is 13.0. The number of nitrogens with zero attached hydrogens (tertiary/aromatic N) is 2. The average Bonchev–Trinajstić information content (AvgIpc) is 2.85. The lowest BCUT2D eigenvalue weighted by Crippen LogP contribution is -2.30. The molecule has 0 spiro atoms. The number of methoxy groups -OCH3 is 1. The van der Waals surface area contributed by atoms with Crippen LogP contribution in [-0.4, -0.2) is 35.6 Å². The minimum atomic E-state index is -0.527. The van der Waals surface area contributed by atoms with Crippen LogP contribution in [0.25, 0.3) is 0 Å². The molecule has 6 heteroatoms. The summed E-state index contributed by atoms with van der Waals surface area (Å²) in [6.45, 7) is 0.673. The van der Waals surface area contributed by atoms with Crippen LogP contribution in [0.2, 0.25) is 0 Å². The molecule has 18 heavy (non-hydrogen) atoms. The number of rotatable bonds is 4. The molecular weight excluding hydrogens is 232 g/mol. The van der Waals surface area contributed by atoms with E-state index >= 15 is 0 Å². The third-order valence-electron chi connectivity index (χ3n) is 3.32. The van der Waals surface area contributed by atoms with Gasteiger partial charge < -0.3 is 15.8 Å². The quantitative estimate of drug-likeness (QED) is 0.768. The molecule has 6 nitrogen and oxygen atoms in total. The molecule has 98 valence electrons. The number of nitrogens with one attached hydrogen (secondary N) is 1. The number of esters is 1. The van der Waals surface area contributed by atoms with Gasteiger partial charge in [-0.25, -0.2) is 14.8 Å². The largest absolute Gasteiger partial charge is 0.463 e. The van der Waals surface area contributed by atoms with Crippen LogP contribution in [0.1, 0.15) is 29.9 Å². The van der Waals surface area contributed by atoms with E-state index in [1.807, 2.05) is 0 Å². The maximum atomic E-state index is 11.3. The lowest BCUT2D eigenvalue weighted by atomic mass is 10.0. The van der Waals surface area contributed by atoms with Gasteiger partial charge in [-0.3, -0.25) is 0 Å². The molecule has 0 bridgehead atoms. The highest BCUT2D eigenvalue weighted by Gasteiger charge is 2.26. The van der Waals surface area contributed by atoms with Crippen molar-refractivity contribution in [2.24, 2.45) is 11.7 Å². The third-order valence-corrected chi connectivity index (χ3v) is 3.32. The summed E-state index contributed by atoms with van der Waals surface area (Å²) in [5.41, 5.74) is 5.73. The predicted molar refractivity (Wildman–Crippen MR) is 67.2 cm³/mol.